The largest absolute Gasteiger partial charge is 0.478 e. The van der Waals surface area contributed by atoms with Gasteiger partial charge in [-0.25, -0.2) is 22.9 Å². The topological polar surface area (TPSA) is 144 Å². The quantitative estimate of drug-likeness (QED) is 0.223. The van der Waals surface area contributed by atoms with Crippen LogP contribution in [0, 0.1) is 25.2 Å². The van der Waals surface area contributed by atoms with Crippen molar-refractivity contribution < 1.29 is 23.1 Å². The number of hydrogen-bond donors (Lipinski definition) is 3. The standard InChI is InChI=1S/C33H44N4O5S/c1-21-11-9-14-24(17-23-12-7-6-8-13-23)28(21)29-22(2)30(42-20-26(34)19-33(3,4)5)36-32(35-29)37-43(40,41)27-16-10-15-25(18-27)31(38)39/h9-11,14-16,18,23,26H,6-8,12-13,17,19-20,34H2,1-5H3,(H,38,39)(H,35,36,37). The average Bonchev–Trinajstić information content (AvgIpc) is 2.93. The molecule has 1 aliphatic rings. The molecule has 10 heteroatoms. The molecule has 9 nitrogen and oxygen atoms in total. The number of aromatic nitrogens is 2. The summed E-state index contributed by atoms with van der Waals surface area (Å²) in [5, 5.41) is 9.37. The number of nitrogens with two attached hydrogens (primary N) is 1. The molecular formula is C33H44N4O5S. The van der Waals surface area contributed by atoms with E-state index in [1.54, 1.807) is 0 Å². The number of carbonyl (C=O) groups is 1. The molecule has 3 aromatic rings. The lowest BCUT2D eigenvalue weighted by Crippen LogP contribution is -2.32. The summed E-state index contributed by atoms with van der Waals surface area (Å²) < 4.78 is 35.4. The molecule has 0 amide bonds. The molecule has 0 spiro atoms. The number of anilines is 1. The molecule has 1 atom stereocenters. The van der Waals surface area contributed by atoms with Crippen LogP contribution >= 0.6 is 0 Å². The van der Waals surface area contributed by atoms with Crippen molar-refractivity contribution in [3.8, 4) is 17.1 Å². The number of sulfonamides is 1. The molecule has 4 N–H and O–H groups in total. The van der Waals surface area contributed by atoms with E-state index in [1.807, 2.05) is 19.9 Å². The third-order valence-electron chi connectivity index (χ3n) is 7.86. The van der Waals surface area contributed by atoms with Gasteiger partial charge in [0, 0.05) is 17.2 Å². The van der Waals surface area contributed by atoms with Crippen LogP contribution in [0.5, 0.6) is 5.88 Å². The van der Waals surface area contributed by atoms with Gasteiger partial charge in [0.15, 0.2) is 0 Å². The molecule has 1 unspecified atom stereocenters. The molecule has 43 heavy (non-hydrogen) atoms. The van der Waals surface area contributed by atoms with Gasteiger partial charge in [-0.3, -0.25) is 0 Å². The van der Waals surface area contributed by atoms with Crippen LogP contribution in [0.15, 0.2) is 47.4 Å². The van der Waals surface area contributed by atoms with Gasteiger partial charge in [-0.1, -0.05) is 77.1 Å². The Kier molecular flexibility index (Phi) is 10.1. The molecular weight excluding hydrogens is 564 g/mol. The maximum absolute atomic E-state index is 13.4. The van der Waals surface area contributed by atoms with E-state index in [4.69, 9.17) is 15.5 Å². The Labute approximate surface area is 255 Å². The predicted molar refractivity (Wildman–Crippen MR) is 169 cm³/mol. The van der Waals surface area contributed by atoms with E-state index in [0.29, 0.717) is 17.2 Å². The second-order valence-corrected chi connectivity index (χ2v) is 14.6. The Bertz CT molecular complexity index is 1560. The highest BCUT2D eigenvalue weighted by molar-refractivity contribution is 7.92. The van der Waals surface area contributed by atoms with E-state index < -0.39 is 16.0 Å². The molecule has 1 aromatic heterocycles. The van der Waals surface area contributed by atoms with Crippen molar-refractivity contribution in [2.75, 3.05) is 11.3 Å². The lowest BCUT2D eigenvalue weighted by atomic mass is 9.82. The molecule has 1 fully saturated rings. The Morgan fingerprint density at radius 3 is 2.47 bits per heavy atom. The summed E-state index contributed by atoms with van der Waals surface area (Å²) >= 11 is 0. The highest BCUT2D eigenvalue weighted by Gasteiger charge is 2.25. The van der Waals surface area contributed by atoms with Gasteiger partial charge in [-0.2, -0.15) is 4.98 Å². The first-order valence-corrected chi connectivity index (χ1v) is 16.4. The molecule has 1 aliphatic carbocycles. The summed E-state index contributed by atoms with van der Waals surface area (Å²) in [5.41, 5.74) is 10.7. The summed E-state index contributed by atoms with van der Waals surface area (Å²) in [6.07, 6.45) is 7.77. The first-order chi connectivity index (χ1) is 20.2. The number of nitrogens with zero attached hydrogens (tertiary/aromatic N) is 2. The monoisotopic (exact) mass is 608 g/mol. The smallest absolute Gasteiger partial charge is 0.335 e. The van der Waals surface area contributed by atoms with Crippen molar-refractivity contribution in [1.82, 2.24) is 9.97 Å². The maximum atomic E-state index is 13.4. The summed E-state index contributed by atoms with van der Waals surface area (Å²) in [4.78, 5) is 20.5. The van der Waals surface area contributed by atoms with Crippen molar-refractivity contribution >= 4 is 21.9 Å². The van der Waals surface area contributed by atoms with Gasteiger partial charge in [-0.05, 0) is 67.3 Å². The van der Waals surface area contributed by atoms with E-state index in [-0.39, 0.29) is 40.4 Å². The summed E-state index contributed by atoms with van der Waals surface area (Å²) in [5.74, 6) is -0.550. The van der Waals surface area contributed by atoms with Gasteiger partial charge in [0.2, 0.25) is 11.8 Å². The first-order valence-electron chi connectivity index (χ1n) is 15.0. The Balaban J connectivity index is 1.77. The summed E-state index contributed by atoms with van der Waals surface area (Å²) in [6.45, 7) is 10.4. The van der Waals surface area contributed by atoms with E-state index in [9.17, 15) is 18.3 Å². The fourth-order valence-electron chi connectivity index (χ4n) is 5.87. The van der Waals surface area contributed by atoms with E-state index in [1.165, 1.54) is 50.3 Å². The summed E-state index contributed by atoms with van der Waals surface area (Å²) in [7, 11) is -4.21. The third kappa shape index (κ3) is 8.54. The van der Waals surface area contributed by atoms with Crippen LogP contribution in [-0.2, 0) is 16.4 Å². The van der Waals surface area contributed by atoms with Crippen LogP contribution in [0.25, 0.3) is 11.3 Å². The SMILES string of the molecule is Cc1cccc(CC2CCCCC2)c1-c1nc(NS(=O)(=O)c2cccc(C(=O)O)c2)nc(OCC(N)CC(C)(C)C)c1C. The minimum Gasteiger partial charge on any atom is -0.478 e. The zero-order valence-corrected chi connectivity index (χ0v) is 26.6. The Hall–Kier alpha value is -3.50. The lowest BCUT2D eigenvalue weighted by Gasteiger charge is -2.25. The third-order valence-corrected chi connectivity index (χ3v) is 9.18. The van der Waals surface area contributed by atoms with Crippen molar-refractivity contribution in [2.24, 2.45) is 17.1 Å². The zero-order chi connectivity index (χ0) is 31.4. The number of nitrogens with one attached hydrogen (secondary N) is 1. The highest BCUT2D eigenvalue weighted by atomic mass is 32.2. The van der Waals surface area contributed by atoms with Crippen LogP contribution in [0.2, 0.25) is 0 Å². The first kappa shape index (κ1) is 32.4. The minimum atomic E-state index is -4.21. The van der Waals surface area contributed by atoms with Gasteiger partial charge in [0.05, 0.1) is 16.2 Å². The van der Waals surface area contributed by atoms with Crippen LogP contribution in [0.3, 0.4) is 0 Å². The number of aryl methyl sites for hydroxylation is 1. The number of hydrogen-bond acceptors (Lipinski definition) is 7. The number of benzene rings is 2. The van der Waals surface area contributed by atoms with E-state index >= 15 is 0 Å². The van der Waals surface area contributed by atoms with Gasteiger partial charge in [0.1, 0.15) is 6.61 Å². The number of ether oxygens (including phenoxy) is 1. The van der Waals surface area contributed by atoms with Crippen molar-refractivity contribution in [3.63, 3.8) is 0 Å². The molecule has 0 bridgehead atoms. The van der Waals surface area contributed by atoms with Crippen LogP contribution in [-0.4, -0.2) is 42.1 Å². The highest BCUT2D eigenvalue weighted by Crippen LogP contribution is 2.37. The van der Waals surface area contributed by atoms with E-state index in [0.717, 1.165) is 35.6 Å². The van der Waals surface area contributed by atoms with E-state index in [2.05, 4.69) is 42.6 Å². The maximum Gasteiger partial charge on any atom is 0.335 e. The predicted octanol–water partition coefficient (Wildman–Crippen LogP) is 6.52. The molecule has 0 saturated heterocycles. The Morgan fingerprint density at radius 2 is 1.79 bits per heavy atom. The molecule has 4 rings (SSSR count). The van der Waals surface area contributed by atoms with Crippen molar-refractivity contribution in [3.05, 3.63) is 64.7 Å². The van der Waals surface area contributed by atoms with Gasteiger partial charge in [0.25, 0.3) is 10.0 Å². The molecule has 232 valence electrons. The Morgan fingerprint density at radius 1 is 1.09 bits per heavy atom. The number of rotatable bonds is 11. The molecule has 1 saturated carbocycles. The van der Waals surface area contributed by atoms with Gasteiger partial charge >= 0.3 is 5.97 Å². The number of carboxylic acid groups (broad SMARTS) is 1. The zero-order valence-electron chi connectivity index (χ0n) is 25.8. The van der Waals surface area contributed by atoms with Gasteiger partial charge in [-0.15, -0.1) is 0 Å². The van der Waals surface area contributed by atoms with Crippen LogP contribution in [0.4, 0.5) is 5.95 Å². The molecule has 1 heterocycles. The van der Waals surface area contributed by atoms with Crippen molar-refractivity contribution in [1.29, 1.82) is 0 Å². The number of aromatic carboxylic acids is 1. The normalized spacial score (nSPS) is 15.2. The minimum absolute atomic E-state index is 0.00904. The molecule has 0 radical (unpaired) electrons. The average molecular weight is 609 g/mol. The lowest BCUT2D eigenvalue weighted by molar-refractivity contribution is 0.0696. The number of carboxylic acids is 1. The van der Waals surface area contributed by atoms with Crippen LogP contribution in [0.1, 0.15) is 86.3 Å². The second kappa shape index (κ2) is 13.4. The summed E-state index contributed by atoms with van der Waals surface area (Å²) in [6, 6.07) is 11.1. The van der Waals surface area contributed by atoms with Gasteiger partial charge < -0.3 is 15.6 Å². The second-order valence-electron chi connectivity index (χ2n) is 12.9. The molecule has 0 aliphatic heterocycles. The van der Waals surface area contributed by atoms with Crippen LogP contribution < -0.4 is 15.2 Å². The fourth-order valence-corrected chi connectivity index (χ4v) is 6.86. The fraction of sp³-hybridized carbons (Fsp3) is 0.485. The molecule has 2 aromatic carbocycles. The van der Waals surface area contributed by atoms with Crippen molar-refractivity contribution in [2.45, 2.75) is 90.5 Å².